The van der Waals surface area contributed by atoms with Crippen molar-refractivity contribution >= 4 is 40.9 Å². The molecule has 0 radical (unpaired) electrons. The Hall–Kier alpha value is -3.91. The lowest BCUT2D eigenvalue weighted by Crippen LogP contribution is -2.27. The van der Waals surface area contributed by atoms with E-state index in [1.54, 1.807) is 30.3 Å². The summed E-state index contributed by atoms with van der Waals surface area (Å²) >= 11 is 5.87. The van der Waals surface area contributed by atoms with Crippen LogP contribution in [0.4, 0.5) is 5.69 Å². The molecule has 2 aromatic carbocycles. The second-order valence-corrected chi connectivity index (χ2v) is 7.74. The predicted octanol–water partition coefficient (Wildman–Crippen LogP) is 3.93. The number of nitrogens with zero attached hydrogens (tertiary/aromatic N) is 1. The van der Waals surface area contributed by atoms with E-state index < -0.39 is 30.2 Å². The molecule has 1 atom stereocenters. The van der Waals surface area contributed by atoms with Gasteiger partial charge in [-0.2, -0.15) is 0 Å². The molecule has 1 fully saturated rings. The minimum absolute atomic E-state index is 0.00534. The highest BCUT2D eigenvalue weighted by Crippen LogP contribution is 2.27. The Balaban J connectivity index is 1.28. The van der Waals surface area contributed by atoms with Crippen LogP contribution in [0.2, 0.25) is 5.02 Å². The van der Waals surface area contributed by atoms with Gasteiger partial charge in [0.2, 0.25) is 11.7 Å². The minimum Gasteiger partial charge on any atom is -0.457 e. The molecule has 0 unspecified atom stereocenters. The molecule has 9 heteroatoms. The molecule has 0 spiro atoms. The van der Waals surface area contributed by atoms with Crippen LogP contribution in [-0.4, -0.2) is 36.8 Å². The van der Waals surface area contributed by atoms with Gasteiger partial charge >= 0.3 is 11.9 Å². The maximum Gasteiger partial charge on any atom is 0.379 e. The molecular formula is C24H18ClNO7. The lowest BCUT2D eigenvalue weighted by atomic mass is 10.1. The topological polar surface area (TPSA) is 103 Å². The van der Waals surface area contributed by atoms with Gasteiger partial charge in [-0.1, -0.05) is 11.6 Å². The number of amides is 1. The van der Waals surface area contributed by atoms with E-state index in [0.717, 1.165) is 0 Å². The van der Waals surface area contributed by atoms with Crippen molar-refractivity contribution in [3.63, 3.8) is 0 Å². The molecule has 3 aromatic rings. The highest BCUT2D eigenvalue weighted by Gasteiger charge is 2.36. The summed E-state index contributed by atoms with van der Waals surface area (Å²) in [6.45, 7) is -0.292. The van der Waals surface area contributed by atoms with E-state index in [0.29, 0.717) is 10.7 Å². The smallest absolute Gasteiger partial charge is 0.379 e. The molecule has 4 rings (SSSR count). The fourth-order valence-corrected chi connectivity index (χ4v) is 3.46. The van der Waals surface area contributed by atoms with Crippen molar-refractivity contribution in [2.75, 3.05) is 18.1 Å². The summed E-state index contributed by atoms with van der Waals surface area (Å²) in [6, 6.07) is 15.6. The van der Waals surface area contributed by atoms with E-state index >= 15 is 0 Å². The largest absolute Gasteiger partial charge is 0.457 e. The Morgan fingerprint density at radius 3 is 2.42 bits per heavy atom. The Bertz CT molecular complexity index is 1170. The van der Waals surface area contributed by atoms with Crippen LogP contribution in [0.5, 0.6) is 5.75 Å². The fraction of sp³-hybridized carbons (Fsp3) is 0.167. The molecule has 8 nitrogen and oxygen atoms in total. The van der Waals surface area contributed by atoms with Crippen LogP contribution in [0.15, 0.2) is 71.3 Å². The first kappa shape index (κ1) is 22.3. The predicted molar refractivity (Wildman–Crippen MR) is 117 cm³/mol. The van der Waals surface area contributed by atoms with Gasteiger partial charge in [-0.15, -0.1) is 0 Å². The summed E-state index contributed by atoms with van der Waals surface area (Å²) in [5.41, 5.74) is 0.925. The number of anilines is 1. The average Bonchev–Trinajstić information content (AvgIpc) is 3.49. The standard InChI is InChI=1S/C24H18ClNO7/c25-17-5-7-18(8-6-17)26-13-16(12-22(26)28)23(29)32-14-20(27)15-3-9-19(10-4-15)33-24(30)21-2-1-11-31-21/h1-11,16H,12-14H2/t16-/m1/s1. The first-order chi connectivity index (χ1) is 15.9. The van der Waals surface area contributed by atoms with E-state index in [1.165, 1.54) is 41.5 Å². The highest BCUT2D eigenvalue weighted by molar-refractivity contribution is 6.30. The molecule has 1 aromatic heterocycles. The third-order valence-corrected chi connectivity index (χ3v) is 5.30. The Morgan fingerprint density at radius 1 is 1.03 bits per heavy atom. The summed E-state index contributed by atoms with van der Waals surface area (Å²) < 4.78 is 15.3. The Morgan fingerprint density at radius 2 is 1.76 bits per heavy atom. The summed E-state index contributed by atoms with van der Waals surface area (Å²) in [5.74, 6) is -2.27. The number of furan rings is 1. The first-order valence-corrected chi connectivity index (χ1v) is 10.4. The van der Waals surface area contributed by atoms with Gasteiger partial charge < -0.3 is 18.8 Å². The van der Waals surface area contributed by atoms with Crippen LogP contribution in [0, 0.1) is 5.92 Å². The first-order valence-electron chi connectivity index (χ1n) is 10.0. The number of hydrogen-bond donors (Lipinski definition) is 0. The SMILES string of the molecule is O=C(COC(=O)[C@@H]1CC(=O)N(c2ccc(Cl)cc2)C1)c1ccc(OC(=O)c2ccco2)cc1. The van der Waals surface area contributed by atoms with E-state index in [-0.39, 0.29) is 35.9 Å². The second-order valence-electron chi connectivity index (χ2n) is 7.30. The van der Waals surface area contributed by atoms with E-state index in [4.69, 9.17) is 25.5 Å². The maximum absolute atomic E-state index is 12.4. The summed E-state index contributed by atoms with van der Waals surface area (Å²) in [5, 5.41) is 0.545. The molecule has 0 saturated carbocycles. The number of benzene rings is 2. The van der Waals surface area contributed by atoms with Crippen molar-refractivity contribution in [2.24, 2.45) is 5.92 Å². The van der Waals surface area contributed by atoms with Crippen molar-refractivity contribution in [3.05, 3.63) is 83.3 Å². The molecule has 0 N–H and O–H groups in total. The van der Waals surface area contributed by atoms with Gasteiger partial charge in [0.25, 0.3) is 0 Å². The van der Waals surface area contributed by atoms with Crippen LogP contribution in [0.1, 0.15) is 27.3 Å². The van der Waals surface area contributed by atoms with Crippen LogP contribution in [0.3, 0.4) is 0 Å². The third kappa shape index (κ3) is 5.30. The monoisotopic (exact) mass is 467 g/mol. The molecule has 33 heavy (non-hydrogen) atoms. The number of hydrogen-bond acceptors (Lipinski definition) is 7. The zero-order chi connectivity index (χ0) is 23.4. The molecule has 1 amide bonds. The number of esters is 2. The van der Waals surface area contributed by atoms with Gasteiger partial charge in [0, 0.05) is 29.2 Å². The van der Waals surface area contributed by atoms with Crippen molar-refractivity contribution < 1.29 is 33.1 Å². The van der Waals surface area contributed by atoms with Crippen LogP contribution in [-0.2, 0) is 14.3 Å². The fourth-order valence-electron chi connectivity index (χ4n) is 3.33. The maximum atomic E-state index is 12.4. The van der Waals surface area contributed by atoms with E-state index in [2.05, 4.69) is 0 Å². The number of rotatable bonds is 7. The molecule has 2 heterocycles. The van der Waals surface area contributed by atoms with Crippen LogP contribution >= 0.6 is 11.6 Å². The number of ketones is 1. The van der Waals surface area contributed by atoms with Gasteiger partial charge in [-0.3, -0.25) is 14.4 Å². The summed E-state index contributed by atoms with van der Waals surface area (Å²) in [6.07, 6.45) is 1.36. The number of ether oxygens (including phenoxy) is 2. The lowest BCUT2D eigenvalue weighted by molar-refractivity contribution is -0.147. The van der Waals surface area contributed by atoms with Crippen molar-refractivity contribution in [3.8, 4) is 5.75 Å². The number of carbonyl (C=O) groups excluding carboxylic acids is 4. The minimum atomic E-state index is -0.663. The summed E-state index contributed by atoms with van der Waals surface area (Å²) in [7, 11) is 0. The van der Waals surface area contributed by atoms with Crippen molar-refractivity contribution in [1.82, 2.24) is 0 Å². The summed E-state index contributed by atoms with van der Waals surface area (Å²) in [4.78, 5) is 50.4. The van der Waals surface area contributed by atoms with E-state index in [1.807, 2.05) is 0 Å². The van der Waals surface area contributed by atoms with Crippen LogP contribution in [0.25, 0.3) is 0 Å². The Labute approximate surface area is 193 Å². The lowest BCUT2D eigenvalue weighted by Gasteiger charge is -2.16. The molecule has 168 valence electrons. The number of halogens is 1. The Kier molecular flexibility index (Phi) is 6.55. The van der Waals surface area contributed by atoms with Crippen molar-refractivity contribution in [1.29, 1.82) is 0 Å². The molecule has 1 aliphatic heterocycles. The average molecular weight is 468 g/mol. The second kappa shape index (κ2) is 9.70. The normalized spacial score (nSPS) is 15.4. The molecule has 1 aliphatic rings. The van der Waals surface area contributed by atoms with Crippen LogP contribution < -0.4 is 9.64 Å². The van der Waals surface area contributed by atoms with Gasteiger partial charge in [-0.25, -0.2) is 4.79 Å². The molecule has 0 bridgehead atoms. The third-order valence-electron chi connectivity index (χ3n) is 5.05. The van der Waals surface area contributed by atoms with Gasteiger partial charge in [-0.05, 0) is 60.7 Å². The van der Waals surface area contributed by atoms with Crippen molar-refractivity contribution in [2.45, 2.75) is 6.42 Å². The van der Waals surface area contributed by atoms with Gasteiger partial charge in [0.15, 0.2) is 12.4 Å². The number of carbonyl (C=O) groups is 4. The molecule has 0 aliphatic carbocycles. The molecular weight excluding hydrogens is 450 g/mol. The zero-order valence-corrected chi connectivity index (χ0v) is 18.0. The molecule has 1 saturated heterocycles. The quantitative estimate of drug-likeness (QED) is 0.294. The highest BCUT2D eigenvalue weighted by atomic mass is 35.5. The number of Topliss-reactive ketones (excluding diaryl/α,β-unsaturated/α-hetero) is 1. The van der Waals surface area contributed by atoms with E-state index in [9.17, 15) is 19.2 Å². The van der Waals surface area contributed by atoms with Gasteiger partial charge in [0.1, 0.15) is 5.75 Å². The zero-order valence-electron chi connectivity index (χ0n) is 17.2. The van der Waals surface area contributed by atoms with Gasteiger partial charge in [0.05, 0.1) is 12.2 Å².